The molecule has 0 amide bonds. The third-order valence-corrected chi connectivity index (χ3v) is 3.63. The number of carbonyl (C=O) groups is 2. The minimum Gasteiger partial charge on any atom is -0.465 e. The van der Waals surface area contributed by atoms with Gasteiger partial charge in [0.25, 0.3) is 0 Å². The van der Waals surface area contributed by atoms with Gasteiger partial charge in [-0.3, -0.25) is 19.7 Å². The largest absolute Gasteiger partial charge is 0.465 e. The first-order valence-corrected chi connectivity index (χ1v) is 8.74. The number of Topliss-reactive ketones (excluding diaryl/α,β-unsaturated/α-hetero) is 1. The molecular weight excluding hydrogens is 395 g/mol. The molecule has 0 N–H and O–H groups in total. The van der Waals surface area contributed by atoms with Gasteiger partial charge in [0.15, 0.2) is 11.6 Å². The van der Waals surface area contributed by atoms with Gasteiger partial charge in [0.2, 0.25) is 5.82 Å². The standard InChI is InChI=1S/C18H22F3N3O5/c1-6-7-29-17(26)10(8-22-23-18(3,4)5)16(25)11-12(19)9(2)13(20)14(21)15(11)24(27)28/h10H,6-8H2,1-5H3. The Morgan fingerprint density at radius 2 is 1.76 bits per heavy atom. The van der Waals surface area contributed by atoms with Crippen LogP contribution in [0, 0.1) is 40.4 Å². The van der Waals surface area contributed by atoms with Crippen LogP contribution in [-0.4, -0.2) is 35.4 Å². The molecule has 0 aliphatic heterocycles. The zero-order valence-corrected chi connectivity index (χ0v) is 16.7. The molecule has 29 heavy (non-hydrogen) atoms. The van der Waals surface area contributed by atoms with Crippen molar-refractivity contribution in [1.82, 2.24) is 0 Å². The predicted octanol–water partition coefficient (Wildman–Crippen LogP) is 4.32. The van der Waals surface area contributed by atoms with Gasteiger partial charge in [-0.1, -0.05) is 6.92 Å². The van der Waals surface area contributed by atoms with E-state index in [0.717, 1.165) is 6.92 Å². The second-order valence-corrected chi connectivity index (χ2v) is 7.23. The number of ketones is 1. The van der Waals surface area contributed by atoms with E-state index in [1.54, 1.807) is 27.7 Å². The monoisotopic (exact) mass is 417 g/mol. The summed E-state index contributed by atoms with van der Waals surface area (Å²) in [7, 11) is 0. The molecular formula is C18H22F3N3O5. The van der Waals surface area contributed by atoms with Crippen molar-refractivity contribution in [3.63, 3.8) is 0 Å². The summed E-state index contributed by atoms with van der Waals surface area (Å²) in [6.07, 6.45) is 0.412. The number of azo groups is 1. The van der Waals surface area contributed by atoms with Crippen LogP contribution in [0.5, 0.6) is 0 Å². The number of hydrogen-bond acceptors (Lipinski definition) is 7. The topological polar surface area (TPSA) is 111 Å². The van der Waals surface area contributed by atoms with E-state index in [-0.39, 0.29) is 6.61 Å². The predicted molar refractivity (Wildman–Crippen MR) is 96.3 cm³/mol. The van der Waals surface area contributed by atoms with E-state index >= 15 is 0 Å². The van der Waals surface area contributed by atoms with Crippen molar-refractivity contribution in [1.29, 1.82) is 0 Å². The van der Waals surface area contributed by atoms with Gasteiger partial charge in [0, 0.05) is 5.56 Å². The minimum absolute atomic E-state index is 0.0690. The Hall–Kier alpha value is -2.85. The number of nitrogens with zero attached hydrogens (tertiary/aromatic N) is 3. The van der Waals surface area contributed by atoms with Crippen molar-refractivity contribution < 1.29 is 32.4 Å². The van der Waals surface area contributed by atoms with Gasteiger partial charge in [-0.2, -0.15) is 14.6 Å². The Morgan fingerprint density at radius 3 is 2.24 bits per heavy atom. The molecule has 0 saturated carbocycles. The summed E-state index contributed by atoms with van der Waals surface area (Å²) in [5.41, 5.74) is -4.60. The van der Waals surface area contributed by atoms with Crippen LogP contribution in [0.15, 0.2) is 10.2 Å². The number of rotatable bonds is 8. The van der Waals surface area contributed by atoms with Gasteiger partial charge in [-0.05, 0) is 34.1 Å². The Morgan fingerprint density at radius 1 is 1.17 bits per heavy atom. The Kier molecular flexibility index (Phi) is 7.98. The number of halogens is 3. The minimum atomic E-state index is -1.99. The zero-order chi connectivity index (χ0) is 22.5. The SMILES string of the molecule is CCCOC(=O)C(CN=NC(C)(C)C)C(=O)c1c(F)c(C)c(F)c(F)c1[N+](=O)[O-]. The van der Waals surface area contributed by atoms with Crippen LogP contribution < -0.4 is 0 Å². The van der Waals surface area contributed by atoms with E-state index in [9.17, 15) is 32.9 Å². The van der Waals surface area contributed by atoms with Gasteiger partial charge in [0.1, 0.15) is 17.3 Å². The van der Waals surface area contributed by atoms with E-state index in [1.807, 2.05) is 0 Å². The Labute approximate surface area is 165 Å². The van der Waals surface area contributed by atoms with Crippen LogP contribution in [-0.2, 0) is 9.53 Å². The summed E-state index contributed by atoms with van der Waals surface area (Å²) in [4.78, 5) is 34.9. The molecule has 0 aromatic heterocycles. The van der Waals surface area contributed by atoms with E-state index in [4.69, 9.17) is 4.74 Å². The van der Waals surface area contributed by atoms with Gasteiger partial charge in [-0.15, -0.1) is 0 Å². The van der Waals surface area contributed by atoms with Gasteiger partial charge in [0.05, 0.1) is 23.6 Å². The molecule has 0 spiro atoms. The van der Waals surface area contributed by atoms with Crippen molar-refractivity contribution in [2.75, 3.05) is 13.2 Å². The summed E-state index contributed by atoms with van der Waals surface area (Å²) in [6.45, 7) is 6.89. The lowest BCUT2D eigenvalue weighted by atomic mass is 9.94. The fraction of sp³-hybridized carbons (Fsp3) is 0.556. The van der Waals surface area contributed by atoms with Crippen LogP contribution in [0.25, 0.3) is 0 Å². The van der Waals surface area contributed by atoms with Crippen LogP contribution in [0.2, 0.25) is 0 Å². The molecule has 0 aliphatic carbocycles. The van der Waals surface area contributed by atoms with E-state index in [1.165, 1.54) is 0 Å². The first-order chi connectivity index (χ1) is 13.3. The van der Waals surface area contributed by atoms with Crippen molar-refractivity contribution in [3.05, 3.63) is 38.7 Å². The summed E-state index contributed by atoms with van der Waals surface area (Å²) < 4.78 is 47.3. The second kappa shape index (κ2) is 9.57. The van der Waals surface area contributed by atoms with E-state index in [2.05, 4.69) is 10.2 Å². The average molecular weight is 417 g/mol. The number of benzene rings is 1. The fourth-order valence-electron chi connectivity index (χ4n) is 2.24. The lowest BCUT2D eigenvalue weighted by molar-refractivity contribution is -0.388. The van der Waals surface area contributed by atoms with Crippen molar-refractivity contribution >= 4 is 17.4 Å². The lowest BCUT2D eigenvalue weighted by Gasteiger charge is -2.15. The molecule has 1 atom stereocenters. The lowest BCUT2D eigenvalue weighted by Crippen LogP contribution is -2.31. The normalized spacial score (nSPS) is 12.8. The molecule has 0 aliphatic rings. The number of ether oxygens (including phenoxy) is 1. The van der Waals surface area contributed by atoms with Crippen LogP contribution in [0.3, 0.4) is 0 Å². The number of nitro benzene ring substituents is 1. The van der Waals surface area contributed by atoms with Crippen molar-refractivity contribution in [2.45, 2.75) is 46.6 Å². The third kappa shape index (κ3) is 5.81. The highest BCUT2D eigenvalue weighted by atomic mass is 19.2. The summed E-state index contributed by atoms with van der Waals surface area (Å²) >= 11 is 0. The van der Waals surface area contributed by atoms with Gasteiger partial charge >= 0.3 is 11.7 Å². The molecule has 11 heteroatoms. The highest BCUT2D eigenvalue weighted by Gasteiger charge is 2.40. The first-order valence-electron chi connectivity index (χ1n) is 8.74. The maximum atomic E-state index is 14.6. The van der Waals surface area contributed by atoms with Gasteiger partial charge in [-0.25, -0.2) is 8.78 Å². The highest BCUT2D eigenvalue weighted by Crippen LogP contribution is 2.33. The number of esters is 1. The molecule has 1 aromatic carbocycles. The second-order valence-electron chi connectivity index (χ2n) is 7.23. The number of carbonyl (C=O) groups excluding carboxylic acids is 2. The number of hydrogen-bond donors (Lipinski definition) is 0. The number of nitro groups is 1. The molecule has 0 saturated heterocycles. The van der Waals surface area contributed by atoms with Gasteiger partial charge < -0.3 is 4.74 Å². The average Bonchev–Trinajstić information content (AvgIpc) is 2.62. The van der Waals surface area contributed by atoms with Crippen LogP contribution in [0.4, 0.5) is 18.9 Å². The molecule has 1 rings (SSSR count). The zero-order valence-electron chi connectivity index (χ0n) is 16.7. The first kappa shape index (κ1) is 24.2. The summed E-state index contributed by atoms with van der Waals surface area (Å²) in [6, 6.07) is 0. The molecule has 0 radical (unpaired) electrons. The molecule has 8 nitrogen and oxygen atoms in total. The molecule has 0 bridgehead atoms. The Balaban J connectivity index is 3.54. The Bertz CT molecular complexity index is 850. The highest BCUT2D eigenvalue weighted by molar-refractivity contribution is 6.11. The van der Waals surface area contributed by atoms with E-state index in [0.29, 0.717) is 6.42 Å². The maximum Gasteiger partial charge on any atom is 0.321 e. The van der Waals surface area contributed by atoms with E-state index < -0.39 is 68.9 Å². The van der Waals surface area contributed by atoms with Crippen molar-refractivity contribution in [3.8, 4) is 0 Å². The van der Waals surface area contributed by atoms with Crippen LogP contribution >= 0.6 is 0 Å². The van der Waals surface area contributed by atoms with Crippen LogP contribution in [0.1, 0.15) is 50.0 Å². The molecule has 0 heterocycles. The smallest absolute Gasteiger partial charge is 0.321 e. The fourth-order valence-corrected chi connectivity index (χ4v) is 2.24. The summed E-state index contributed by atoms with van der Waals surface area (Å²) in [5, 5.41) is 18.8. The molecule has 1 aromatic rings. The third-order valence-electron chi connectivity index (χ3n) is 3.63. The maximum absolute atomic E-state index is 14.6. The van der Waals surface area contributed by atoms with Crippen molar-refractivity contribution in [2.24, 2.45) is 16.1 Å². The summed E-state index contributed by atoms with van der Waals surface area (Å²) in [5.74, 6) is -9.78. The molecule has 1 unspecified atom stereocenters. The molecule has 160 valence electrons. The molecule has 0 fully saturated rings. The quantitative estimate of drug-likeness (QED) is 0.119.